The maximum absolute atomic E-state index is 14.8. The Morgan fingerprint density at radius 2 is 0.860 bits per heavy atom. The molecule has 0 atom stereocenters. The van der Waals surface area contributed by atoms with Gasteiger partial charge in [0.25, 0.3) is 0 Å². The van der Waals surface area contributed by atoms with Crippen LogP contribution in [0.5, 0.6) is 0 Å². The van der Waals surface area contributed by atoms with Crippen molar-refractivity contribution in [3.8, 4) is 28.2 Å². The molecule has 3 nitrogen and oxygen atoms in total. The summed E-state index contributed by atoms with van der Waals surface area (Å²) in [5.41, 5.74) is 8.12. The zero-order valence-electron chi connectivity index (χ0n) is 26.8. The molecular formula is C45H29F2N3. The first-order valence-corrected chi connectivity index (χ1v) is 16.5. The third kappa shape index (κ3) is 5.08. The Balaban J connectivity index is 1.16. The van der Waals surface area contributed by atoms with Crippen molar-refractivity contribution < 1.29 is 8.78 Å². The normalized spacial score (nSPS) is 11.4. The van der Waals surface area contributed by atoms with Crippen LogP contribution in [0.1, 0.15) is 0 Å². The molecule has 0 aliphatic heterocycles. The molecule has 0 aliphatic carbocycles. The lowest BCUT2D eigenvalue weighted by molar-refractivity contribution is 0.582. The predicted octanol–water partition coefficient (Wildman–Crippen LogP) is 12.4. The van der Waals surface area contributed by atoms with Crippen LogP contribution in [0.25, 0.3) is 60.8 Å². The molecule has 8 aromatic carbocycles. The summed E-state index contributed by atoms with van der Waals surface area (Å²) in [6.45, 7) is 0. The highest BCUT2D eigenvalue weighted by Crippen LogP contribution is 2.40. The Labute approximate surface area is 287 Å². The van der Waals surface area contributed by atoms with Crippen molar-refractivity contribution in [3.63, 3.8) is 0 Å². The van der Waals surface area contributed by atoms with E-state index in [1.165, 1.54) is 12.1 Å². The predicted molar refractivity (Wildman–Crippen MR) is 202 cm³/mol. The number of imidazole rings is 1. The van der Waals surface area contributed by atoms with Gasteiger partial charge in [-0.1, -0.05) is 121 Å². The number of nitrogens with zero attached hydrogens (tertiary/aromatic N) is 3. The van der Waals surface area contributed by atoms with Crippen molar-refractivity contribution in [2.75, 3.05) is 4.90 Å². The fraction of sp³-hybridized carbons (Fsp3) is 0. The van der Waals surface area contributed by atoms with Gasteiger partial charge in [-0.15, -0.1) is 0 Å². The summed E-state index contributed by atoms with van der Waals surface area (Å²) in [4.78, 5) is 7.44. The maximum atomic E-state index is 14.8. The number of halogens is 2. The number of hydrogen-bond acceptors (Lipinski definition) is 2. The van der Waals surface area contributed by atoms with Gasteiger partial charge in [-0.3, -0.25) is 4.57 Å². The molecule has 238 valence electrons. The number of aromatic nitrogens is 2. The molecule has 9 aromatic rings. The van der Waals surface area contributed by atoms with Crippen molar-refractivity contribution in [2.45, 2.75) is 0 Å². The van der Waals surface area contributed by atoms with Crippen LogP contribution >= 0.6 is 0 Å². The smallest absolute Gasteiger partial charge is 0.145 e. The van der Waals surface area contributed by atoms with E-state index in [9.17, 15) is 8.78 Å². The highest BCUT2D eigenvalue weighted by atomic mass is 19.1. The summed E-state index contributed by atoms with van der Waals surface area (Å²) in [6.07, 6.45) is 0. The van der Waals surface area contributed by atoms with E-state index in [1.807, 2.05) is 83.4 Å². The molecule has 0 aliphatic rings. The van der Waals surface area contributed by atoms with Crippen LogP contribution in [-0.4, -0.2) is 9.55 Å². The molecule has 0 saturated carbocycles. The first kappa shape index (κ1) is 29.5. The van der Waals surface area contributed by atoms with Gasteiger partial charge in [-0.2, -0.15) is 0 Å². The van der Waals surface area contributed by atoms with Crippen molar-refractivity contribution in [2.24, 2.45) is 0 Å². The van der Waals surface area contributed by atoms with Crippen LogP contribution < -0.4 is 4.90 Å². The van der Waals surface area contributed by atoms with E-state index < -0.39 is 11.6 Å². The number of fused-ring (bicyclic) bond motifs is 6. The summed E-state index contributed by atoms with van der Waals surface area (Å²) < 4.78 is 31.4. The molecule has 0 unspecified atom stereocenters. The minimum absolute atomic E-state index is 0.376. The minimum atomic E-state index is -0.644. The molecule has 1 heterocycles. The molecule has 5 heteroatoms. The number of hydrogen-bond donors (Lipinski definition) is 0. The maximum Gasteiger partial charge on any atom is 0.145 e. The highest BCUT2D eigenvalue weighted by molar-refractivity contribution is 6.24. The van der Waals surface area contributed by atoms with Gasteiger partial charge in [-0.05, 0) is 70.4 Å². The lowest BCUT2D eigenvalue weighted by atomic mass is 10.00. The Bertz CT molecular complexity index is 2590. The van der Waals surface area contributed by atoms with Crippen molar-refractivity contribution in [3.05, 3.63) is 188 Å². The van der Waals surface area contributed by atoms with Gasteiger partial charge in [0.2, 0.25) is 0 Å². The van der Waals surface area contributed by atoms with Crippen molar-refractivity contribution >= 4 is 49.6 Å². The average Bonchev–Trinajstić information content (AvgIpc) is 3.57. The molecule has 0 fully saturated rings. The molecule has 0 bridgehead atoms. The standard InChI is InChI=1S/C45H29F2N3/c46-33-27-34(47)29-38(28-33)50-44-42-18-10-8-16-40(42)39-15-7-9-17-41(39)43(44)48-45(50)32-21-19-30(20-22-32)31-23-25-37(26-24-31)49(35-11-3-1-4-12-35)36-13-5-2-6-14-36/h1-29H. The van der Waals surface area contributed by atoms with Gasteiger partial charge < -0.3 is 4.90 Å². The summed E-state index contributed by atoms with van der Waals surface area (Å²) in [5.74, 6) is -0.681. The third-order valence-electron chi connectivity index (χ3n) is 9.27. The van der Waals surface area contributed by atoms with Crippen LogP contribution in [0.2, 0.25) is 0 Å². The van der Waals surface area contributed by atoms with E-state index in [4.69, 9.17) is 4.98 Å². The number of benzene rings is 8. The van der Waals surface area contributed by atoms with E-state index in [1.54, 1.807) is 0 Å². The van der Waals surface area contributed by atoms with Gasteiger partial charge in [0.1, 0.15) is 17.5 Å². The Morgan fingerprint density at radius 1 is 0.420 bits per heavy atom. The molecule has 0 radical (unpaired) electrons. The molecule has 50 heavy (non-hydrogen) atoms. The topological polar surface area (TPSA) is 21.1 Å². The second-order valence-corrected chi connectivity index (χ2v) is 12.3. The van der Waals surface area contributed by atoms with Crippen LogP contribution in [0.15, 0.2) is 176 Å². The van der Waals surface area contributed by atoms with Crippen molar-refractivity contribution in [1.29, 1.82) is 0 Å². The second kappa shape index (κ2) is 12.1. The second-order valence-electron chi connectivity index (χ2n) is 12.3. The quantitative estimate of drug-likeness (QED) is 0.167. The van der Waals surface area contributed by atoms with Gasteiger partial charge >= 0.3 is 0 Å². The Kier molecular flexibility index (Phi) is 7.17. The Hall–Kier alpha value is -6.59. The Morgan fingerprint density at radius 3 is 1.44 bits per heavy atom. The molecule has 9 rings (SSSR count). The van der Waals surface area contributed by atoms with E-state index in [2.05, 4.69) is 83.8 Å². The monoisotopic (exact) mass is 649 g/mol. The van der Waals surface area contributed by atoms with E-state index >= 15 is 0 Å². The lowest BCUT2D eigenvalue weighted by Gasteiger charge is -2.25. The molecule has 0 spiro atoms. The van der Waals surface area contributed by atoms with E-state index in [0.717, 1.165) is 72.4 Å². The third-order valence-corrected chi connectivity index (χ3v) is 9.27. The van der Waals surface area contributed by atoms with E-state index in [0.29, 0.717) is 11.5 Å². The summed E-state index contributed by atoms with van der Waals surface area (Å²) >= 11 is 0. The zero-order chi connectivity index (χ0) is 33.6. The van der Waals surface area contributed by atoms with Crippen LogP contribution in [-0.2, 0) is 0 Å². The first-order chi connectivity index (χ1) is 24.6. The van der Waals surface area contributed by atoms with Crippen LogP contribution in [0, 0.1) is 11.6 Å². The molecule has 0 saturated heterocycles. The van der Waals surface area contributed by atoms with Gasteiger partial charge in [0.15, 0.2) is 0 Å². The van der Waals surface area contributed by atoms with Crippen molar-refractivity contribution in [1.82, 2.24) is 9.55 Å². The molecular weight excluding hydrogens is 621 g/mol. The SMILES string of the molecule is Fc1cc(F)cc(-n2c(-c3ccc(-c4ccc(N(c5ccccc5)c5ccccc5)cc4)cc3)nc3c4ccccc4c4ccccc4c32)c1. The molecule has 0 N–H and O–H groups in total. The van der Waals surface area contributed by atoms with Crippen LogP contribution in [0.4, 0.5) is 25.8 Å². The largest absolute Gasteiger partial charge is 0.311 e. The average molecular weight is 650 g/mol. The first-order valence-electron chi connectivity index (χ1n) is 16.5. The van der Waals surface area contributed by atoms with Gasteiger partial charge in [0.05, 0.1) is 16.7 Å². The summed E-state index contributed by atoms with van der Waals surface area (Å²) in [5, 5.41) is 4.07. The highest BCUT2D eigenvalue weighted by Gasteiger charge is 2.21. The van der Waals surface area contributed by atoms with Gasteiger partial charge in [0, 0.05) is 39.5 Å². The number of rotatable bonds is 6. The lowest BCUT2D eigenvalue weighted by Crippen LogP contribution is -2.09. The summed E-state index contributed by atoms with van der Waals surface area (Å²) in [6, 6.07) is 57.3. The minimum Gasteiger partial charge on any atom is -0.311 e. The fourth-order valence-corrected chi connectivity index (χ4v) is 7.03. The zero-order valence-corrected chi connectivity index (χ0v) is 26.8. The van der Waals surface area contributed by atoms with Gasteiger partial charge in [-0.25, -0.2) is 13.8 Å². The fourth-order valence-electron chi connectivity index (χ4n) is 7.03. The number of anilines is 3. The molecule has 0 amide bonds. The number of para-hydroxylation sites is 2. The van der Waals surface area contributed by atoms with Crippen LogP contribution in [0.3, 0.4) is 0 Å². The molecule has 1 aromatic heterocycles. The summed E-state index contributed by atoms with van der Waals surface area (Å²) in [7, 11) is 0. The van der Waals surface area contributed by atoms with E-state index in [-0.39, 0.29) is 0 Å².